The predicted molar refractivity (Wildman–Crippen MR) is 117 cm³/mol. The minimum absolute atomic E-state index is 0.00375. The van der Waals surface area contributed by atoms with Gasteiger partial charge in [-0.05, 0) is 49.6 Å². The maximum Gasteiger partial charge on any atom is 0.251 e. The third-order valence-electron chi connectivity index (χ3n) is 6.04. The number of carbonyl (C=O) groups excluding carboxylic acids is 1. The van der Waals surface area contributed by atoms with E-state index in [0.717, 1.165) is 56.0 Å². The van der Waals surface area contributed by atoms with Gasteiger partial charge in [0.15, 0.2) is 0 Å². The topological polar surface area (TPSA) is 44.8 Å². The van der Waals surface area contributed by atoms with Crippen LogP contribution in [0.2, 0.25) is 0 Å². The molecule has 4 rings (SSSR count). The van der Waals surface area contributed by atoms with Crippen LogP contribution in [0.3, 0.4) is 0 Å². The van der Waals surface area contributed by atoms with Gasteiger partial charge in [0.05, 0.1) is 19.3 Å². The monoisotopic (exact) mass is 393 g/mol. The maximum absolute atomic E-state index is 12.8. The molecule has 2 aliphatic heterocycles. The maximum atomic E-state index is 12.8. The van der Waals surface area contributed by atoms with Gasteiger partial charge in [-0.1, -0.05) is 29.3 Å². The molecule has 1 N–H and O–H groups in total. The number of benzene rings is 2. The van der Waals surface area contributed by atoms with E-state index >= 15 is 0 Å². The average Bonchev–Trinajstić information content (AvgIpc) is 3.08. The summed E-state index contributed by atoms with van der Waals surface area (Å²) in [5.41, 5.74) is 6.98. The molecule has 1 saturated heterocycles. The summed E-state index contributed by atoms with van der Waals surface area (Å²) in [5, 5.41) is 3.19. The number of amides is 1. The highest BCUT2D eigenvalue weighted by atomic mass is 16.5. The molecule has 2 heterocycles. The molecule has 2 aliphatic rings. The number of aryl methyl sites for hydroxylation is 2. The van der Waals surface area contributed by atoms with Crippen molar-refractivity contribution in [3.8, 4) is 0 Å². The molecule has 5 nitrogen and oxygen atoms in total. The number of likely N-dealkylation sites (N-methyl/N-ethyl adjacent to an activating group) is 1. The Bertz CT molecular complexity index is 869. The summed E-state index contributed by atoms with van der Waals surface area (Å²) in [6.45, 7) is 9.00. The van der Waals surface area contributed by atoms with Crippen LogP contribution in [0.4, 0.5) is 5.69 Å². The molecule has 0 bridgehead atoms. The molecule has 2 aromatic carbocycles. The SMILES string of the molecule is Cc1cc(C)cc(C(=O)NC[C@H](c2ccc3c(c2)CCN3C)N2CCOCC2)c1. The van der Waals surface area contributed by atoms with Gasteiger partial charge in [0.2, 0.25) is 0 Å². The van der Waals surface area contributed by atoms with Crippen molar-refractivity contribution in [1.82, 2.24) is 10.2 Å². The van der Waals surface area contributed by atoms with Gasteiger partial charge in [-0.3, -0.25) is 9.69 Å². The first kappa shape index (κ1) is 19.9. The van der Waals surface area contributed by atoms with E-state index in [1.165, 1.54) is 16.8 Å². The van der Waals surface area contributed by atoms with Crippen molar-refractivity contribution in [2.45, 2.75) is 26.3 Å². The van der Waals surface area contributed by atoms with E-state index in [0.29, 0.717) is 6.54 Å². The van der Waals surface area contributed by atoms with Crippen molar-refractivity contribution >= 4 is 11.6 Å². The smallest absolute Gasteiger partial charge is 0.251 e. The molecule has 0 saturated carbocycles. The van der Waals surface area contributed by atoms with E-state index < -0.39 is 0 Å². The molecule has 0 spiro atoms. The molecule has 1 atom stereocenters. The molecule has 1 fully saturated rings. The van der Waals surface area contributed by atoms with Crippen molar-refractivity contribution in [1.29, 1.82) is 0 Å². The van der Waals surface area contributed by atoms with Crippen LogP contribution in [0, 0.1) is 13.8 Å². The number of anilines is 1. The molecule has 1 amide bonds. The summed E-state index contributed by atoms with van der Waals surface area (Å²) in [5.74, 6) is -0.00375. The molecule has 29 heavy (non-hydrogen) atoms. The number of hydrogen-bond donors (Lipinski definition) is 1. The number of carbonyl (C=O) groups is 1. The highest BCUT2D eigenvalue weighted by Crippen LogP contribution is 2.31. The van der Waals surface area contributed by atoms with Crippen LogP contribution in [0.15, 0.2) is 36.4 Å². The van der Waals surface area contributed by atoms with E-state index in [2.05, 4.69) is 46.4 Å². The molecular weight excluding hydrogens is 362 g/mol. The van der Waals surface area contributed by atoms with E-state index in [-0.39, 0.29) is 11.9 Å². The molecule has 2 aromatic rings. The number of hydrogen-bond acceptors (Lipinski definition) is 4. The average molecular weight is 394 g/mol. The van der Waals surface area contributed by atoms with Crippen molar-refractivity contribution in [2.24, 2.45) is 0 Å². The van der Waals surface area contributed by atoms with E-state index in [1.807, 2.05) is 26.0 Å². The second kappa shape index (κ2) is 8.56. The summed E-state index contributed by atoms with van der Waals surface area (Å²) in [6.07, 6.45) is 1.09. The van der Waals surface area contributed by atoms with Crippen molar-refractivity contribution < 1.29 is 9.53 Å². The zero-order chi connectivity index (χ0) is 20.4. The summed E-state index contributed by atoms with van der Waals surface area (Å²) in [4.78, 5) is 17.6. The van der Waals surface area contributed by atoms with Crippen LogP contribution >= 0.6 is 0 Å². The molecular formula is C24H31N3O2. The Kier molecular flexibility index (Phi) is 5.88. The lowest BCUT2D eigenvalue weighted by atomic mass is 10.00. The Morgan fingerprint density at radius 3 is 2.52 bits per heavy atom. The fraction of sp³-hybridized carbons (Fsp3) is 0.458. The number of rotatable bonds is 5. The summed E-state index contributed by atoms with van der Waals surface area (Å²) in [6, 6.07) is 13.0. The number of ether oxygens (including phenoxy) is 1. The van der Waals surface area contributed by atoms with Crippen LogP contribution in [-0.4, -0.2) is 57.2 Å². The fourth-order valence-corrected chi connectivity index (χ4v) is 4.54. The van der Waals surface area contributed by atoms with Crippen LogP contribution in [-0.2, 0) is 11.2 Å². The van der Waals surface area contributed by atoms with Gasteiger partial charge in [0.1, 0.15) is 0 Å². The Labute approximate surface area is 173 Å². The van der Waals surface area contributed by atoms with Gasteiger partial charge in [-0.25, -0.2) is 0 Å². The molecule has 0 aromatic heterocycles. The van der Waals surface area contributed by atoms with Crippen molar-refractivity contribution in [3.05, 3.63) is 64.2 Å². The lowest BCUT2D eigenvalue weighted by Crippen LogP contribution is -2.43. The quantitative estimate of drug-likeness (QED) is 0.848. The minimum atomic E-state index is -0.00375. The van der Waals surface area contributed by atoms with Gasteiger partial charge in [0, 0.05) is 44.5 Å². The Morgan fingerprint density at radius 1 is 1.07 bits per heavy atom. The van der Waals surface area contributed by atoms with Crippen LogP contribution in [0.1, 0.15) is 38.7 Å². The van der Waals surface area contributed by atoms with Crippen LogP contribution in [0.5, 0.6) is 0 Å². The lowest BCUT2D eigenvalue weighted by molar-refractivity contribution is 0.0162. The second-order valence-corrected chi connectivity index (χ2v) is 8.31. The van der Waals surface area contributed by atoms with Gasteiger partial charge >= 0.3 is 0 Å². The van der Waals surface area contributed by atoms with Gasteiger partial charge in [-0.15, -0.1) is 0 Å². The number of nitrogens with one attached hydrogen (secondary N) is 1. The van der Waals surface area contributed by atoms with Gasteiger partial charge < -0.3 is 15.0 Å². The normalized spacial score (nSPS) is 17.8. The first-order valence-corrected chi connectivity index (χ1v) is 10.5. The first-order chi connectivity index (χ1) is 14.0. The Morgan fingerprint density at radius 2 is 1.79 bits per heavy atom. The summed E-state index contributed by atoms with van der Waals surface area (Å²) >= 11 is 0. The molecule has 0 unspecified atom stereocenters. The molecule has 154 valence electrons. The third kappa shape index (κ3) is 4.46. The number of fused-ring (bicyclic) bond motifs is 1. The summed E-state index contributed by atoms with van der Waals surface area (Å²) in [7, 11) is 2.15. The third-order valence-corrected chi connectivity index (χ3v) is 6.04. The molecule has 5 heteroatoms. The van der Waals surface area contributed by atoms with E-state index in [9.17, 15) is 4.79 Å². The van der Waals surface area contributed by atoms with E-state index in [1.54, 1.807) is 0 Å². The predicted octanol–water partition coefficient (Wildman–Crippen LogP) is 3.10. The highest BCUT2D eigenvalue weighted by molar-refractivity contribution is 5.94. The Hall–Kier alpha value is -2.37. The van der Waals surface area contributed by atoms with Crippen molar-refractivity contribution in [3.63, 3.8) is 0 Å². The van der Waals surface area contributed by atoms with E-state index in [4.69, 9.17) is 4.74 Å². The zero-order valence-corrected chi connectivity index (χ0v) is 17.7. The zero-order valence-electron chi connectivity index (χ0n) is 17.7. The first-order valence-electron chi connectivity index (χ1n) is 10.5. The number of nitrogens with zero attached hydrogens (tertiary/aromatic N) is 2. The van der Waals surface area contributed by atoms with Crippen LogP contribution < -0.4 is 10.2 Å². The summed E-state index contributed by atoms with van der Waals surface area (Å²) < 4.78 is 5.56. The minimum Gasteiger partial charge on any atom is -0.379 e. The second-order valence-electron chi connectivity index (χ2n) is 8.31. The van der Waals surface area contributed by atoms with Gasteiger partial charge in [0.25, 0.3) is 5.91 Å². The van der Waals surface area contributed by atoms with Gasteiger partial charge in [-0.2, -0.15) is 0 Å². The molecule has 0 radical (unpaired) electrons. The fourth-order valence-electron chi connectivity index (χ4n) is 4.54. The standard InChI is InChI=1S/C24H31N3O2/c1-17-12-18(2)14-21(13-17)24(28)25-16-23(27-8-10-29-11-9-27)19-4-5-22-20(15-19)6-7-26(22)3/h4-5,12-15,23H,6-11,16H2,1-3H3,(H,25,28)/t23-/m1/s1. The van der Waals surface area contributed by atoms with Crippen molar-refractivity contribution in [2.75, 3.05) is 51.3 Å². The Balaban J connectivity index is 1.54. The molecule has 0 aliphatic carbocycles. The lowest BCUT2D eigenvalue weighted by Gasteiger charge is -2.35. The highest BCUT2D eigenvalue weighted by Gasteiger charge is 2.25. The largest absolute Gasteiger partial charge is 0.379 e. The van der Waals surface area contributed by atoms with Crippen LogP contribution in [0.25, 0.3) is 0 Å². The number of morpholine rings is 1.